The molecule has 6 radical (unpaired) electrons. The Hall–Kier alpha value is -7.66. The number of aliphatic hydroxyl groups is 2. The molecule has 422 valence electrons. The summed E-state index contributed by atoms with van der Waals surface area (Å²) in [5, 5.41) is 17.6. The van der Waals surface area contributed by atoms with Crippen LogP contribution < -0.4 is 0 Å². The zero-order valence-corrected chi connectivity index (χ0v) is 50.0. The molecule has 0 aliphatic heterocycles. The maximum atomic E-state index is 9.08. The van der Waals surface area contributed by atoms with E-state index in [0.717, 1.165) is 76.3 Å². The molecule has 0 aliphatic carbocycles. The summed E-state index contributed by atoms with van der Waals surface area (Å²) in [5.74, 6) is 0. The zero-order chi connectivity index (χ0) is 66.2. The van der Waals surface area contributed by atoms with Crippen molar-refractivity contribution >= 4 is 69.5 Å². The molecular weight excluding hydrogens is 1400 g/mol. The molecule has 0 unspecified atom stereocenters. The van der Waals surface area contributed by atoms with Gasteiger partial charge in [-0.2, -0.15) is 0 Å². The normalized spacial score (nSPS) is 11.6. The molecule has 0 aliphatic rings. The number of fused-ring (bicyclic) bond motifs is 6. The van der Waals surface area contributed by atoms with Crippen LogP contribution in [0.3, 0.4) is 0 Å². The van der Waals surface area contributed by atoms with Gasteiger partial charge < -0.3 is 38.6 Å². The molecule has 0 atom stereocenters. The Morgan fingerprint density at radius 3 is 1.37 bits per heavy atom. The fourth-order valence-electron chi connectivity index (χ4n) is 7.06. The van der Waals surface area contributed by atoms with E-state index in [-0.39, 0.29) is 94.3 Å². The predicted octanol–water partition coefficient (Wildman–Crippen LogP) is 13.9. The van der Waals surface area contributed by atoms with Gasteiger partial charge in [-0.3, -0.25) is 4.98 Å². The van der Waals surface area contributed by atoms with Crippen molar-refractivity contribution in [2.75, 3.05) is 20.5 Å². The first-order valence-corrected chi connectivity index (χ1v) is 25.2. The van der Waals surface area contributed by atoms with E-state index in [4.69, 9.17) is 45.7 Å². The number of furan rings is 2. The van der Waals surface area contributed by atoms with E-state index in [9.17, 15) is 0 Å². The average Bonchev–Trinajstić information content (AvgIpc) is 1.53. The van der Waals surface area contributed by atoms with Gasteiger partial charge in [0.1, 0.15) is 16.7 Å². The first kappa shape index (κ1) is 56.2. The van der Waals surface area contributed by atoms with Gasteiger partial charge in [-0.25, -0.2) is 8.42 Å². The van der Waals surface area contributed by atoms with E-state index in [1.807, 2.05) is 154 Å². The fraction of sp³-hybridized carbons (Fsp3) is 0.121. The van der Waals surface area contributed by atoms with Crippen molar-refractivity contribution in [1.29, 1.82) is 0 Å². The summed E-state index contributed by atoms with van der Waals surface area (Å²) in [6.45, 7) is -0.881. The van der Waals surface area contributed by atoms with Crippen LogP contribution in [0.5, 0.6) is 0 Å². The summed E-state index contributed by atoms with van der Waals surface area (Å²) in [4.78, 5) is 16.9. The summed E-state index contributed by atoms with van der Waals surface area (Å²) in [7, 11) is 6.08. The third-order valence-corrected chi connectivity index (χ3v) is 10.3. The second kappa shape index (κ2) is 38.1. The SMILES string of the molecule is C.C#C.CO.CO.CS(=O)(=O)[O-].Cc1ccc(-c2[c-]cccc2)nc1.Cc1ccc(-c2[c-]cccc2)nc1.[2H]c1c(C([2H])([2H])[2H])cnc(-c2[c-]ccc3c2oc2ccccc23)c1[2H].[2H]c1c(C([2H])([2H])[2H])cnc(-c2cccc3c2oc2ccccc23)c1[2H].[B][B].[Ir].[Ir]. The Kier molecular flexibility index (Phi) is 26.1. The summed E-state index contributed by atoms with van der Waals surface area (Å²) in [6, 6.07) is 56.3. The molecule has 6 heterocycles. The van der Waals surface area contributed by atoms with E-state index in [2.05, 4.69) is 78.6 Å². The maximum absolute atomic E-state index is 9.08. The summed E-state index contributed by atoms with van der Waals surface area (Å²) in [6.07, 6.45) is 14.6. The Balaban J connectivity index is 0.000000589. The largest absolute Gasteiger partial charge is 0.748 e. The second-order valence-electron chi connectivity index (χ2n) is 15.7. The van der Waals surface area contributed by atoms with E-state index < -0.39 is 23.8 Å². The van der Waals surface area contributed by atoms with Gasteiger partial charge in [0, 0.05) is 131 Å². The molecule has 0 saturated heterocycles. The van der Waals surface area contributed by atoms with Crippen LogP contribution in [0, 0.1) is 58.6 Å². The summed E-state index contributed by atoms with van der Waals surface area (Å²) >= 11 is 0. The van der Waals surface area contributed by atoms with Crippen LogP contribution in [0.25, 0.3) is 88.9 Å². The smallest absolute Gasteiger partial charge is 0.144 e. The summed E-state index contributed by atoms with van der Waals surface area (Å²) in [5.41, 5.74) is 9.91. The van der Waals surface area contributed by atoms with Crippen molar-refractivity contribution in [3.63, 3.8) is 0 Å². The van der Waals surface area contributed by atoms with Crippen LogP contribution in [0.1, 0.15) is 43.4 Å². The minimum atomic E-state index is -3.92. The van der Waals surface area contributed by atoms with Crippen molar-refractivity contribution in [1.82, 2.24) is 19.9 Å². The molecule has 6 aromatic heterocycles. The molecule has 6 aromatic carbocycles. The molecule has 0 bridgehead atoms. The Morgan fingerprint density at radius 2 is 0.915 bits per heavy atom. The molecule has 0 spiro atoms. The van der Waals surface area contributed by atoms with Gasteiger partial charge in [0.2, 0.25) is 0 Å². The number of aliphatic hydroxyl groups excluding tert-OH is 2. The number of hydrogen-bond donors (Lipinski definition) is 2. The Morgan fingerprint density at radius 1 is 0.512 bits per heavy atom. The minimum absolute atomic E-state index is 0. The van der Waals surface area contributed by atoms with Crippen LogP contribution in [0.4, 0.5) is 0 Å². The van der Waals surface area contributed by atoms with Gasteiger partial charge in [0.05, 0.1) is 26.9 Å². The molecule has 0 fully saturated rings. The van der Waals surface area contributed by atoms with E-state index >= 15 is 0 Å². The van der Waals surface area contributed by atoms with Gasteiger partial charge in [-0.1, -0.05) is 109 Å². The molecule has 11 nitrogen and oxygen atoms in total. The first-order chi connectivity index (χ1) is 42.5. The van der Waals surface area contributed by atoms with Gasteiger partial charge in [0.25, 0.3) is 0 Å². The van der Waals surface area contributed by atoms with Gasteiger partial charge in [0.15, 0.2) is 0 Å². The van der Waals surface area contributed by atoms with Crippen LogP contribution in [0.15, 0.2) is 209 Å². The molecule has 0 saturated carbocycles. The van der Waals surface area contributed by atoms with Crippen molar-refractivity contribution in [3.8, 4) is 57.9 Å². The van der Waals surface area contributed by atoms with Crippen molar-refractivity contribution in [2.45, 2.75) is 35.0 Å². The fourth-order valence-corrected chi connectivity index (χ4v) is 7.06. The molecule has 12 aromatic rings. The number of benzene rings is 6. The third-order valence-electron chi connectivity index (χ3n) is 10.3. The summed E-state index contributed by atoms with van der Waals surface area (Å²) < 4.78 is 116. The maximum Gasteiger partial charge on any atom is 0.144 e. The number of aryl methyl sites for hydroxylation is 4. The van der Waals surface area contributed by atoms with Gasteiger partial charge in [-0.15, -0.1) is 103 Å². The van der Waals surface area contributed by atoms with E-state index in [0.29, 0.717) is 34.1 Å². The van der Waals surface area contributed by atoms with Crippen LogP contribution in [-0.2, 0) is 50.3 Å². The first-order valence-electron chi connectivity index (χ1n) is 28.4. The monoisotopic (exact) mass is 1470 g/mol. The number of rotatable bonds is 4. The number of aromatic nitrogens is 4. The number of para-hydroxylation sites is 3. The zero-order valence-electron chi connectivity index (χ0n) is 54.4. The number of pyridine rings is 4. The van der Waals surface area contributed by atoms with E-state index in [1.54, 1.807) is 12.1 Å². The Bertz CT molecular complexity index is 4080. The number of terminal acetylenes is 1. The molecular formula is C66H62B2Ir2N4O7S-4. The number of hydrogen-bond acceptors (Lipinski definition) is 11. The van der Waals surface area contributed by atoms with Crippen molar-refractivity contribution in [3.05, 3.63) is 241 Å². The van der Waals surface area contributed by atoms with Gasteiger partial charge in [-0.05, 0) is 91.1 Å². The van der Waals surface area contributed by atoms with Crippen molar-refractivity contribution < 1.29 is 85.9 Å². The quantitative estimate of drug-likeness (QED) is 0.0742. The number of nitrogens with zero attached hydrogens (tertiary/aromatic N) is 4. The molecule has 16 heteroatoms. The van der Waals surface area contributed by atoms with Crippen LogP contribution in [0.2, 0.25) is 0 Å². The third kappa shape index (κ3) is 21.7. The van der Waals surface area contributed by atoms with Gasteiger partial charge >= 0.3 is 0 Å². The predicted molar refractivity (Wildman–Crippen MR) is 329 cm³/mol. The molecule has 2 N–H and O–H groups in total. The Labute approximate surface area is 526 Å². The van der Waals surface area contributed by atoms with E-state index in [1.165, 1.54) is 11.1 Å². The van der Waals surface area contributed by atoms with Crippen molar-refractivity contribution in [2.24, 2.45) is 0 Å². The van der Waals surface area contributed by atoms with Crippen LogP contribution in [-0.4, -0.2) is 79.1 Å². The average molecular weight is 1470 g/mol. The topological polar surface area (TPSA) is 175 Å². The molecule has 82 heavy (non-hydrogen) atoms. The van der Waals surface area contributed by atoms with Crippen LogP contribution >= 0.6 is 0 Å². The second-order valence-corrected chi connectivity index (χ2v) is 17.1. The molecule has 0 amide bonds. The standard InChI is InChI=1S/C18H13NO.C18H12NO.2C12H10N.C2H2.CH4O3S.2CH4O.CH4.B2.2Ir/c2*1-12-9-10-16(19-11-12)15-7-4-6-14-13-5-2-3-8-17(13)20-18(14)15;2*1-10-7-8-12(13-9-10)11-5-3-2-4-6-11;1-2;1-5(2,3)4;2*1-2;;1-2;;/h2-11H,1H3;2-6,8-11H,1H3;2*2-5,7-9H,1H3;1-2H;1H3,(H,2,3,4);2*2H,1H3;1H4;;;/q;3*-1;;;;;;;;/p-1/i2*1D3,9D,10D;;;;;;;;;;. The minimum Gasteiger partial charge on any atom is -0.748 e. The molecule has 12 rings (SSSR count).